The molecule has 5 nitrogen and oxygen atoms in total. The molecule has 1 N–H and O–H groups in total. The average Bonchev–Trinajstić information content (AvgIpc) is 2.28. The number of carbonyl (C=O) groups is 1. The lowest BCUT2D eigenvalue weighted by atomic mass is 10.2. The van der Waals surface area contributed by atoms with Crippen molar-refractivity contribution in [2.24, 2.45) is 0 Å². The van der Waals surface area contributed by atoms with Gasteiger partial charge in [-0.15, -0.1) is 0 Å². The summed E-state index contributed by atoms with van der Waals surface area (Å²) >= 11 is 5.66. The van der Waals surface area contributed by atoms with Crippen LogP contribution in [0, 0.1) is 10.1 Å². The molecule has 1 rings (SSSR count). The predicted octanol–water partition coefficient (Wildman–Crippen LogP) is 2.94. The Bertz CT molecular complexity index is 508. The van der Waals surface area contributed by atoms with Gasteiger partial charge in [0.25, 0.3) is 11.6 Å². The summed E-state index contributed by atoms with van der Waals surface area (Å²) in [7, 11) is 0. The molecule has 0 radical (unpaired) electrons. The molecule has 1 aromatic rings. The highest BCUT2D eigenvalue weighted by Crippen LogP contribution is 2.24. The van der Waals surface area contributed by atoms with Gasteiger partial charge in [-0.1, -0.05) is 23.3 Å². The van der Waals surface area contributed by atoms with E-state index in [4.69, 9.17) is 11.6 Å². The van der Waals surface area contributed by atoms with Crippen molar-refractivity contribution in [3.8, 4) is 0 Å². The average molecular weight is 269 g/mol. The zero-order valence-corrected chi connectivity index (χ0v) is 10.8. The predicted molar refractivity (Wildman–Crippen MR) is 69.9 cm³/mol. The minimum Gasteiger partial charge on any atom is -0.349 e. The Kier molecular flexibility index (Phi) is 4.85. The maximum atomic E-state index is 11.7. The van der Waals surface area contributed by atoms with Crippen LogP contribution in [0.15, 0.2) is 29.8 Å². The molecule has 0 atom stereocenters. The summed E-state index contributed by atoms with van der Waals surface area (Å²) in [5.74, 6) is -0.368. The second kappa shape index (κ2) is 6.16. The van der Waals surface area contributed by atoms with Gasteiger partial charge < -0.3 is 5.32 Å². The Morgan fingerprint density at radius 1 is 1.50 bits per heavy atom. The van der Waals surface area contributed by atoms with Crippen molar-refractivity contribution in [3.05, 3.63) is 50.5 Å². The van der Waals surface area contributed by atoms with Gasteiger partial charge in [0.2, 0.25) is 0 Å². The number of halogens is 1. The maximum Gasteiger partial charge on any atom is 0.288 e. The number of rotatable bonds is 4. The molecular weight excluding hydrogens is 256 g/mol. The van der Waals surface area contributed by atoms with E-state index in [2.05, 4.69) is 5.32 Å². The first-order chi connectivity index (χ1) is 8.41. The van der Waals surface area contributed by atoms with E-state index in [9.17, 15) is 14.9 Å². The van der Waals surface area contributed by atoms with E-state index in [0.29, 0.717) is 6.54 Å². The summed E-state index contributed by atoms with van der Waals surface area (Å²) in [6.07, 6.45) is 1.85. The molecule has 96 valence electrons. The van der Waals surface area contributed by atoms with Crippen LogP contribution in [0.4, 0.5) is 5.69 Å². The minimum atomic E-state index is -0.616. The smallest absolute Gasteiger partial charge is 0.288 e. The Hall–Kier alpha value is -1.88. The number of carbonyl (C=O) groups excluding carboxylic acids is 1. The van der Waals surface area contributed by atoms with Gasteiger partial charge in [0.15, 0.2) is 0 Å². The van der Waals surface area contributed by atoms with Crippen molar-refractivity contribution in [2.75, 3.05) is 6.54 Å². The standard InChI is InChI=1S/C12H13ClN2O3/c1-8(2)5-6-14-12(16)9-3-4-10(13)11(7-9)15(17)18/h3-5,7H,6H2,1-2H3,(H,14,16). The van der Waals surface area contributed by atoms with Crippen molar-refractivity contribution in [1.82, 2.24) is 5.32 Å². The van der Waals surface area contributed by atoms with E-state index in [1.165, 1.54) is 18.2 Å². The van der Waals surface area contributed by atoms with E-state index >= 15 is 0 Å². The zero-order chi connectivity index (χ0) is 13.7. The zero-order valence-electron chi connectivity index (χ0n) is 10.1. The molecule has 0 spiro atoms. The van der Waals surface area contributed by atoms with Crippen molar-refractivity contribution in [2.45, 2.75) is 13.8 Å². The van der Waals surface area contributed by atoms with Crippen molar-refractivity contribution in [3.63, 3.8) is 0 Å². The third-order valence-electron chi connectivity index (χ3n) is 2.18. The second-order valence-electron chi connectivity index (χ2n) is 3.91. The minimum absolute atomic E-state index is 0.0147. The molecule has 0 aliphatic carbocycles. The lowest BCUT2D eigenvalue weighted by Gasteiger charge is -2.03. The molecule has 0 saturated heterocycles. The van der Waals surface area contributed by atoms with Crippen molar-refractivity contribution >= 4 is 23.2 Å². The maximum absolute atomic E-state index is 11.7. The quantitative estimate of drug-likeness (QED) is 0.518. The van der Waals surface area contributed by atoms with Gasteiger partial charge in [-0.25, -0.2) is 0 Å². The van der Waals surface area contributed by atoms with Gasteiger partial charge in [-0.2, -0.15) is 0 Å². The molecule has 0 saturated carbocycles. The number of nitro benzene ring substituents is 1. The van der Waals surface area contributed by atoms with Crippen molar-refractivity contribution in [1.29, 1.82) is 0 Å². The molecule has 6 heteroatoms. The number of nitrogens with zero attached hydrogens (tertiary/aromatic N) is 1. The molecule has 0 bridgehead atoms. The van der Waals surface area contributed by atoms with Crippen LogP contribution in [0.1, 0.15) is 24.2 Å². The normalized spacial score (nSPS) is 9.72. The molecule has 1 amide bonds. The van der Waals surface area contributed by atoms with Crippen LogP contribution < -0.4 is 5.32 Å². The lowest BCUT2D eigenvalue weighted by molar-refractivity contribution is -0.384. The molecule has 0 fully saturated rings. The highest BCUT2D eigenvalue weighted by Gasteiger charge is 2.15. The summed E-state index contributed by atoms with van der Waals surface area (Å²) in [6, 6.07) is 3.96. The van der Waals surface area contributed by atoms with Crippen LogP contribution in [0.3, 0.4) is 0 Å². The fourth-order valence-electron chi connectivity index (χ4n) is 1.24. The topological polar surface area (TPSA) is 72.2 Å². The number of nitrogens with one attached hydrogen (secondary N) is 1. The van der Waals surface area contributed by atoms with Gasteiger partial charge in [-0.3, -0.25) is 14.9 Å². The van der Waals surface area contributed by atoms with E-state index in [1.807, 2.05) is 19.9 Å². The number of hydrogen-bond acceptors (Lipinski definition) is 3. The largest absolute Gasteiger partial charge is 0.349 e. The van der Waals surface area contributed by atoms with E-state index in [1.54, 1.807) is 0 Å². The van der Waals surface area contributed by atoms with Gasteiger partial charge >= 0.3 is 0 Å². The lowest BCUT2D eigenvalue weighted by Crippen LogP contribution is -2.23. The summed E-state index contributed by atoms with van der Waals surface area (Å²) in [5.41, 5.74) is 1.03. The van der Waals surface area contributed by atoms with Crippen LogP contribution >= 0.6 is 11.6 Å². The Morgan fingerprint density at radius 3 is 2.72 bits per heavy atom. The Labute approximate surface area is 110 Å². The summed E-state index contributed by atoms with van der Waals surface area (Å²) in [6.45, 7) is 4.22. The van der Waals surface area contributed by atoms with Crippen LogP contribution in [-0.2, 0) is 0 Å². The van der Waals surface area contributed by atoms with E-state index < -0.39 is 4.92 Å². The molecule has 18 heavy (non-hydrogen) atoms. The summed E-state index contributed by atoms with van der Waals surface area (Å²) in [5, 5.41) is 13.3. The second-order valence-corrected chi connectivity index (χ2v) is 4.32. The van der Waals surface area contributed by atoms with E-state index in [-0.39, 0.29) is 22.2 Å². The van der Waals surface area contributed by atoms with Crippen LogP contribution in [-0.4, -0.2) is 17.4 Å². The van der Waals surface area contributed by atoms with Crippen LogP contribution in [0.2, 0.25) is 5.02 Å². The van der Waals surface area contributed by atoms with Gasteiger partial charge in [0.1, 0.15) is 5.02 Å². The van der Waals surface area contributed by atoms with Gasteiger partial charge in [-0.05, 0) is 26.0 Å². The Morgan fingerprint density at radius 2 is 2.17 bits per heavy atom. The first-order valence-corrected chi connectivity index (χ1v) is 5.65. The summed E-state index contributed by atoms with van der Waals surface area (Å²) < 4.78 is 0. The highest BCUT2D eigenvalue weighted by atomic mass is 35.5. The van der Waals surface area contributed by atoms with Crippen LogP contribution in [0.25, 0.3) is 0 Å². The molecule has 1 aromatic carbocycles. The molecular formula is C12H13ClN2O3. The first kappa shape index (κ1) is 14.2. The molecule has 0 unspecified atom stereocenters. The number of amides is 1. The summed E-state index contributed by atoms with van der Waals surface area (Å²) in [4.78, 5) is 21.8. The first-order valence-electron chi connectivity index (χ1n) is 5.27. The van der Waals surface area contributed by atoms with E-state index in [0.717, 1.165) is 5.57 Å². The third kappa shape index (κ3) is 3.85. The van der Waals surface area contributed by atoms with Gasteiger partial charge in [0, 0.05) is 18.2 Å². The Balaban J connectivity index is 2.84. The molecule has 0 aliphatic heterocycles. The molecule has 0 heterocycles. The number of hydrogen-bond donors (Lipinski definition) is 1. The number of allylic oxidation sites excluding steroid dienone is 1. The van der Waals surface area contributed by atoms with Crippen LogP contribution in [0.5, 0.6) is 0 Å². The fraction of sp³-hybridized carbons (Fsp3) is 0.250. The fourth-order valence-corrected chi connectivity index (χ4v) is 1.43. The molecule has 0 aromatic heterocycles. The number of benzene rings is 1. The number of nitro groups is 1. The highest BCUT2D eigenvalue weighted by molar-refractivity contribution is 6.32. The monoisotopic (exact) mass is 268 g/mol. The van der Waals surface area contributed by atoms with Gasteiger partial charge in [0.05, 0.1) is 4.92 Å². The molecule has 0 aliphatic rings. The third-order valence-corrected chi connectivity index (χ3v) is 2.50. The SMILES string of the molecule is CC(C)=CCNC(=O)c1ccc(Cl)c([N+](=O)[O-])c1. The van der Waals surface area contributed by atoms with Crippen molar-refractivity contribution < 1.29 is 9.72 Å².